The number of nitrogens with zero attached hydrogens (tertiary/aromatic N) is 5. The number of aliphatic carboxylic acids is 1. The van der Waals surface area contributed by atoms with Crippen LogP contribution in [0.15, 0.2) is 79.1 Å². The second-order valence-corrected chi connectivity index (χ2v) is 9.01. The number of carboxylic acid groups (broad SMARTS) is 1. The molecule has 0 radical (unpaired) electrons. The van der Waals surface area contributed by atoms with Gasteiger partial charge >= 0.3 is 5.97 Å². The minimum atomic E-state index is -0.831. The summed E-state index contributed by atoms with van der Waals surface area (Å²) in [5, 5.41) is 13.8. The summed E-state index contributed by atoms with van der Waals surface area (Å²) in [6.45, 7) is 4.46. The molecule has 0 saturated carbocycles. The number of carbonyl (C=O) groups is 1. The fraction of sp³-hybridized carbons (Fsp3) is 0.207. The Morgan fingerprint density at radius 3 is 2.16 bits per heavy atom. The highest BCUT2D eigenvalue weighted by atomic mass is 16.5. The fourth-order valence-electron chi connectivity index (χ4n) is 4.13. The van der Waals surface area contributed by atoms with Crippen molar-refractivity contribution in [2.24, 2.45) is 0 Å². The SMILES string of the molecule is CC(C)Oc1ccc(-c2ccc(-c3nc(-c4ccc5nccnc5c4)n(CCCC(=O)O)n3)cc2)cc1. The zero-order valence-electron chi connectivity index (χ0n) is 20.7. The van der Waals surface area contributed by atoms with E-state index in [9.17, 15) is 4.79 Å². The van der Waals surface area contributed by atoms with Crippen LogP contribution in [0, 0.1) is 0 Å². The Hall–Kier alpha value is -4.59. The Kier molecular flexibility index (Phi) is 6.89. The first kappa shape index (κ1) is 24.1. The van der Waals surface area contributed by atoms with Gasteiger partial charge in [-0.15, -0.1) is 0 Å². The molecule has 37 heavy (non-hydrogen) atoms. The molecule has 0 amide bonds. The van der Waals surface area contributed by atoms with E-state index < -0.39 is 5.97 Å². The summed E-state index contributed by atoms with van der Waals surface area (Å²) in [5.41, 5.74) is 5.45. The Morgan fingerprint density at radius 2 is 1.49 bits per heavy atom. The Morgan fingerprint density at radius 1 is 0.865 bits per heavy atom. The number of hydrogen-bond acceptors (Lipinski definition) is 6. The molecule has 0 aliphatic carbocycles. The van der Waals surface area contributed by atoms with E-state index in [4.69, 9.17) is 19.9 Å². The third-order valence-corrected chi connectivity index (χ3v) is 5.86. The van der Waals surface area contributed by atoms with Crippen LogP contribution in [0.2, 0.25) is 0 Å². The number of fused-ring (bicyclic) bond motifs is 1. The molecular formula is C29H27N5O3. The quantitative estimate of drug-likeness (QED) is 0.274. The monoisotopic (exact) mass is 493 g/mol. The summed E-state index contributed by atoms with van der Waals surface area (Å²) in [6, 6.07) is 21.9. The van der Waals surface area contributed by atoms with Gasteiger partial charge < -0.3 is 9.84 Å². The van der Waals surface area contributed by atoms with Gasteiger partial charge in [-0.2, -0.15) is 5.10 Å². The molecule has 0 saturated heterocycles. The molecule has 5 rings (SSSR count). The Labute approximate surface area is 214 Å². The summed E-state index contributed by atoms with van der Waals surface area (Å²) in [7, 11) is 0. The van der Waals surface area contributed by atoms with Crippen molar-refractivity contribution in [3.63, 3.8) is 0 Å². The minimum absolute atomic E-state index is 0.0630. The third kappa shape index (κ3) is 5.64. The smallest absolute Gasteiger partial charge is 0.303 e. The molecule has 0 unspecified atom stereocenters. The second-order valence-electron chi connectivity index (χ2n) is 9.01. The van der Waals surface area contributed by atoms with E-state index in [0.29, 0.717) is 24.6 Å². The lowest BCUT2D eigenvalue weighted by Crippen LogP contribution is -2.05. The molecule has 8 heteroatoms. The van der Waals surface area contributed by atoms with Gasteiger partial charge in [-0.25, -0.2) is 9.67 Å². The van der Waals surface area contributed by atoms with Crippen LogP contribution in [-0.2, 0) is 11.3 Å². The first-order valence-corrected chi connectivity index (χ1v) is 12.2. The van der Waals surface area contributed by atoms with Crippen LogP contribution in [0.1, 0.15) is 26.7 Å². The standard InChI is InChI=1S/C29H27N5O3/c1-19(2)37-24-12-9-21(10-13-24)20-5-7-22(8-6-20)28-32-29(34(33-28)17-3-4-27(35)36)23-11-14-25-26(18-23)31-16-15-30-25/h5-16,18-19H,3-4,17H2,1-2H3,(H,35,36). The number of benzene rings is 3. The number of aryl methyl sites for hydroxylation is 1. The Bertz CT molecular complexity index is 1530. The maximum Gasteiger partial charge on any atom is 0.303 e. The van der Waals surface area contributed by atoms with Crippen LogP contribution in [0.25, 0.3) is 44.9 Å². The normalized spacial score (nSPS) is 11.2. The maximum atomic E-state index is 11.1. The zero-order valence-corrected chi connectivity index (χ0v) is 20.7. The van der Waals surface area contributed by atoms with E-state index in [2.05, 4.69) is 9.97 Å². The molecule has 0 spiro atoms. The largest absolute Gasteiger partial charge is 0.491 e. The van der Waals surface area contributed by atoms with Crippen molar-refractivity contribution in [1.29, 1.82) is 0 Å². The third-order valence-electron chi connectivity index (χ3n) is 5.86. The summed E-state index contributed by atoms with van der Waals surface area (Å²) in [4.78, 5) is 24.6. The highest BCUT2D eigenvalue weighted by Gasteiger charge is 2.15. The number of rotatable bonds is 9. The van der Waals surface area contributed by atoms with Crippen LogP contribution in [-0.4, -0.2) is 41.9 Å². The van der Waals surface area contributed by atoms with E-state index in [0.717, 1.165) is 39.0 Å². The van der Waals surface area contributed by atoms with Crippen LogP contribution < -0.4 is 4.74 Å². The maximum absolute atomic E-state index is 11.1. The highest BCUT2D eigenvalue weighted by molar-refractivity contribution is 5.80. The average molecular weight is 494 g/mol. The number of ether oxygens (including phenoxy) is 1. The molecule has 0 bridgehead atoms. The van der Waals surface area contributed by atoms with Crippen molar-refractivity contribution < 1.29 is 14.6 Å². The van der Waals surface area contributed by atoms with Crippen molar-refractivity contribution >= 4 is 17.0 Å². The van der Waals surface area contributed by atoms with Crippen molar-refractivity contribution in [2.75, 3.05) is 0 Å². The fourth-order valence-corrected chi connectivity index (χ4v) is 4.13. The van der Waals surface area contributed by atoms with Crippen molar-refractivity contribution in [3.8, 4) is 39.7 Å². The topological polar surface area (TPSA) is 103 Å². The molecule has 1 N–H and O–H groups in total. The summed E-state index contributed by atoms with van der Waals surface area (Å²) >= 11 is 0. The summed E-state index contributed by atoms with van der Waals surface area (Å²) in [6.07, 6.45) is 3.96. The lowest BCUT2D eigenvalue weighted by atomic mass is 10.0. The van der Waals surface area contributed by atoms with Crippen LogP contribution in [0.4, 0.5) is 0 Å². The summed E-state index contributed by atoms with van der Waals surface area (Å²) in [5.74, 6) is 1.26. The molecule has 0 fully saturated rings. The number of aromatic nitrogens is 5. The molecule has 2 aromatic heterocycles. The van der Waals surface area contributed by atoms with Crippen molar-refractivity contribution in [2.45, 2.75) is 39.3 Å². The lowest BCUT2D eigenvalue weighted by molar-refractivity contribution is -0.137. The van der Waals surface area contributed by atoms with Gasteiger partial charge in [-0.05, 0) is 61.7 Å². The molecule has 2 heterocycles. The first-order chi connectivity index (χ1) is 18.0. The van der Waals surface area contributed by atoms with Gasteiger partial charge in [0.2, 0.25) is 0 Å². The average Bonchev–Trinajstić information content (AvgIpc) is 3.32. The van der Waals surface area contributed by atoms with E-state index >= 15 is 0 Å². The van der Waals surface area contributed by atoms with E-state index in [-0.39, 0.29) is 12.5 Å². The van der Waals surface area contributed by atoms with Gasteiger partial charge in [0.15, 0.2) is 11.6 Å². The highest BCUT2D eigenvalue weighted by Crippen LogP contribution is 2.28. The van der Waals surface area contributed by atoms with E-state index in [1.807, 2.05) is 80.6 Å². The molecule has 3 aromatic carbocycles. The summed E-state index contributed by atoms with van der Waals surface area (Å²) < 4.78 is 7.51. The zero-order chi connectivity index (χ0) is 25.8. The first-order valence-electron chi connectivity index (χ1n) is 12.2. The minimum Gasteiger partial charge on any atom is -0.491 e. The van der Waals surface area contributed by atoms with Crippen molar-refractivity contribution in [3.05, 3.63) is 79.1 Å². The second kappa shape index (κ2) is 10.6. The molecule has 0 aliphatic rings. The molecule has 8 nitrogen and oxygen atoms in total. The van der Waals surface area contributed by atoms with E-state index in [1.165, 1.54) is 0 Å². The molecule has 186 valence electrons. The number of hydrogen-bond donors (Lipinski definition) is 1. The van der Waals surface area contributed by atoms with Crippen LogP contribution in [0.3, 0.4) is 0 Å². The Balaban J connectivity index is 1.44. The van der Waals surface area contributed by atoms with Crippen LogP contribution in [0.5, 0.6) is 5.75 Å². The van der Waals surface area contributed by atoms with Gasteiger partial charge in [-0.1, -0.05) is 36.4 Å². The van der Waals surface area contributed by atoms with Gasteiger partial charge in [-0.3, -0.25) is 14.8 Å². The molecule has 0 aliphatic heterocycles. The predicted octanol–water partition coefficient (Wildman–Crippen LogP) is 5.87. The van der Waals surface area contributed by atoms with Crippen LogP contribution >= 0.6 is 0 Å². The van der Waals surface area contributed by atoms with Gasteiger partial charge in [0.1, 0.15) is 5.75 Å². The lowest BCUT2D eigenvalue weighted by Gasteiger charge is -2.10. The molecule has 5 aromatic rings. The van der Waals surface area contributed by atoms with E-state index in [1.54, 1.807) is 17.1 Å². The predicted molar refractivity (Wildman–Crippen MR) is 142 cm³/mol. The molecule has 0 atom stereocenters. The number of carboxylic acids is 1. The molecular weight excluding hydrogens is 466 g/mol. The van der Waals surface area contributed by atoms with Gasteiger partial charge in [0, 0.05) is 36.5 Å². The van der Waals surface area contributed by atoms with Crippen molar-refractivity contribution in [1.82, 2.24) is 24.7 Å². The van der Waals surface area contributed by atoms with Gasteiger partial charge in [0.05, 0.1) is 17.1 Å². The van der Waals surface area contributed by atoms with Gasteiger partial charge in [0.25, 0.3) is 0 Å².